The third-order valence-corrected chi connectivity index (χ3v) is 3.77. The molecule has 1 aliphatic heterocycles. The van der Waals surface area contributed by atoms with E-state index in [1.165, 1.54) is 30.5 Å². The minimum absolute atomic E-state index is 0.301. The van der Waals surface area contributed by atoms with Gasteiger partial charge in [0.05, 0.1) is 12.5 Å². The summed E-state index contributed by atoms with van der Waals surface area (Å²) in [6.07, 6.45) is -0.496. The number of nitrogens with one attached hydrogen (secondary N) is 1. The molecule has 6 nitrogen and oxygen atoms in total. The lowest BCUT2D eigenvalue weighted by Crippen LogP contribution is -2.17. The first-order valence-corrected chi connectivity index (χ1v) is 8.13. The van der Waals surface area contributed by atoms with Crippen molar-refractivity contribution >= 4 is 0 Å². The molecule has 0 bridgehead atoms. The molecule has 3 heterocycles. The highest BCUT2D eigenvalue weighted by molar-refractivity contribution is 5.52. The summed E-state index contributed by atoms with van der Waals surface area (Å²) >= 11 is 0. The van der Waals surface area contributed by atoms with Gasteiger partial charge in [-0.05, 0) is 42.0 Å². The monoisotopic (exact) mass is 390 g/mol. The van der Waals surface area contributed by atoms with Crippen LogP contribution in [0.2, 0.25) is 0 Å². The van der Waals surface area contributed by atoms with Crippen molar-refractivity contribution in [2.75, 3.05) is 0 Å². The Hall–Kier alpha value is -3.46. The van der Waals surface area contributed by atoms with Gasteiger partial charge in [-0.1, -0.05) is 12.1 Å². The van der Waals surface area contributed by atoms with Crippen LogP contribution in [0.3, 0.4) is 0 Å². The molecule has 9 heteroatoms. The average molecular weight is 390 g/mol. The van der Waals surface area contributed by atoms with Gasteiger partial charge in [-0.3, -0.25) is 4.84 Å². The van der Waals surface area contributed by atoms with Crippen molar-refractivity contribution < 1.29 is 31.9 Å². The van der Waals surface area contributed by atoms with Crippen LogP contribution in [0.25, 0.3) is 11.5 Å². The fraction of sp³-hybridized carbons (Fsp3) is 0.105. The minimum atomic E-state index is -4.73. The van der Waals surface area contributed by atoms with Crippen molar-refractivity contribution in [1.29, 1.82) is 0 Å². The van der Waals surface area contributed by atoms with E-state index in [2.05, 4.69) is 15.2 Å². The van der Waals surface area contributed by atoms with Crippen LogP contribution in [-0.2, 0) is 4.84 Å². The van der Waals surface area contributed by atoms with Crippen LogP contribution in [0.5, 0.6) is 11.5 Å². The molecule has 1 aromatic carbocycles. The van der Waals surface area contributed by atoms with Gasteiger partial charge in [0.25, 0.3) is 0 Å². The molecule has 0 aliphatic carbocycles. The number of halogens is 3. The molecule has 1 N–H and O–H groups in total. The first-order valence-electron chi connectivity index (χ1n) is 8.13. The quantitative estimate of drug-likeness (QED) is 0.679. The third-order valence-electron chi connectivity index (χ3n) is 3.77. The Morgan fingerprint density at radius 1 is 1.00 bits per heavy atom. The lowest BCUT2D eigenvalue weighted by Gasteiger charge is -2.11. The van der Waals surface area contributed by atoms with E-state index in [1.807, 2.05) is 0 Å². The molecule has 0 amide bonds. The zero-order valence-electron chi connectivity index (χ0n) is 14.1. The molecule has 0 saturated carbocycles. The first kappa shape index (κ1) is 17.9. The van der Waals surface area contributed by atoms with Gasteiger partial charge in [0.1, 0.15) is 23.3 Å². The maximum atomic E-state index is 12.2. The second-order valence-electron chi connectivity index (χ2n) is 5.75. The summed E-state index contributed by atoms with van der Waals surface area (Å²) in [4.78, 5) is 9.64. The number of benzene rings is 1. The smallest absolute Gasteiger partial charge is 0.463 e. The molecule has 0 fully saturated rings. The second kappa shape index (κ2) is 7.28. The molecule has 28 heavy (non-hydrogen) atoms. The van der Waals surface area contributed by atoms with Crippen molar-refractivity contribution in [2.24, 2.45) is 0 Å². The average Bonchev–Trinajstić information content (AvgIpc) is 3.34. The number of nitrogens with zero attached hydrogens (tertiary/aromatic N) is 1. The highest BCUT2D eigenvalue weighted by atomic mass is 19.4. The highest BCUT2D eigenvalue weighted by Crippen LogP contribution is 2.29. The van der Waals surface area contributed by atoms with Gasteiger partial charge in [0.15, 0.2) is 5.76 Å². The Kier molecular flexibility index (Phi) is 4.66. The van der Waals surface area contributed by atoms with Gasteiger partial charge in [-0.2, -0.15) is 0 Å². The standard InChI is InChI=1S/C19H13F3N2O4/c20-19(21,22)27-13-5-3-12(4-6-13)17-10-18(24-28-17)26-14-7-8-15(23-11-14)16-2-1-9-25-16/h1-11,17,24H/t17-/m0/s1. The number of alkyl halides is 3. The molecule has 0 unspecified atom stereocenters. The lowest BCUT2D eigenvalue weighted by molar-refractivity contribution is -0.274. The fourth-order valence-corrected chi connectivity index (χ4v) is 2.54. The zero-order chi connectivity index (χ0) is 19.6. The molecule has 1 atom stereocenters. The maximum Gasteiger partial charge on any atom is 0.573 e. The SMILES string of the molecule is FC(F)(F)Oc1ccc([C@@H]2C=C(Oc3ccc(-c4ccco4)nc3)NO2)cc1. The van der Waals surface area contributed by atoms with Crippen LogP contribution in [0.4, 0.5) is 13.2 Å². The number of aromatic nitrogens is 1. The van der Waals surface area contributed by atoms with E-state index < -0.39 is 12.5 Å². The minimum Gasteiger partial charge on any atom is -0.463 e. The Labute approximate surface area is 157 Å². The van der Waals surface area contributed by atoms with Crippen molar-refractivity contribution in [2.45, 2.75) is 12.5 Å². The van der Waals surface area contributed by atoms with Gasteiger partial charge in [-0.15, -0.1) is 13.2 Å². The van der Waals surface area contributed by atoms with E-state index in [0.29, 0.717) is 28.7 Å². The van der Waals surface area contributed by atoms with Gasteiger partial charge in [0.2, 0.25) is 5.88 Å². The Bertz CT molecular complexity index is 952. The molecule has 4 rings (SSSR count). The summed E-state index contributed by atoms with van der Waals surface area (Å²) in [5, 5.41) is 0. The van der Waals surface area contributed by atoms with Gasteiger partial charge in [0, 0.05) is 6.08 Å². The fourth-order valence-electron chi connectivity index (χ4n) is 2.54. The zero-order valence-corrected chi connectivity index (χ0v) is 14.1. The number of pyridine rings is 1. The van der Waals surface area contributed by atoms with Gasteiger partial charge < -0.3 is 13.9 Å². The van der Waals surface area contributed by atoms with Crippen LogP contribution >= 0.6 is 0 Å². The van der Waals surface area contributed by atoms with Crippen LogP contribution in [-0.4, -0.2) is 11.3 Å². The molecule has 0 radical (unpaired) electrons. The number of hydroxylamine groups is 1. The molecule has 0 saturated heterocycles. The molecular formula is C19H13F3N2O4. The topological polar surface area (TPSA) is 65.8 Å². The normalized spacial score (nSPS) is 16.4. The van der Waals surface area contributed by atoms with Crippen molar-refractivity contribution in [3.63, 3.8) is 0 Å². The summed E-state index contributed by atoms with van der Waals surface area (Å²) in [6, 6.07) is 12.4. The molecule has 144 valence electrons. The number of rotatable bonds is 5. The van der Waals surface area contributed by atoms with Crippen molar-refractivity contribution in [3.05, 3.63) is 78.5 Å². The summed E-state index contributed by atoms with van der Waals surface area (Å²) in [5.41, 5.74) is 3.93. The first-order chi connectivity index (χ1) is 13.5. The summed E-state index contributed by atoms with van der Waals surface area (Å²) in [6.45, 7) is 0. The highest BCUT2D eigenvalue weighted by Gasteiger charge is 2.31. The Morgan fingerprint density at radius 2 is 1.79 bits per heavy atom. The number of ether oxygens (including phenoxy) is 2. The van der Waals surface area contributed by atoms with E-state index in [4.69, 9.17) is 14.0 Å². The summed E-state index contributed by atoms with van der Waals surface area (Å²) in [5.74, 6) is 1.16. The molecule has 0 spiro atoms. The lowest BCUT2D eigenvalue weighted by atomic mass is 10.1. The predicted molar refractivity (Wildman–Crippen MR) is 90.7 cm³/mol. The molecule has 2 aromatic heterocycles. The largest absolute Gasteiger partial charge is 0.573 e. The van der Waals surface area contributed by atoms with E-state index >= 15 is 0 Å². The van der Waals surface area contributed by atoms with Crippen LogP contribution in [0.15, 0.2) is 77.4 Å². The number of hydrogen-bond donors (Lipinski definition) is 1. The van der Waals surface area contributed by atoms with Crippen molar-refractivity contribution in [3.8, 4) is 23.0 Å². The van der Waals surface area contributed by atoms with Crippen LogP contribution in [0.1, 0.15) is 11.7 Å². The number of furan rings is 1. The number of hydrogen-bond acceptors (Lipinski definition) is 6. The summed E-state index contributed by atoms with van der Waals surface area (Å²) in [7, 11) is 0. The van der Waals surface area contributed by atoms with E-state index in [-0.39, 0.29) is 5.75 Å². The van der Waals surface area contributed by atoms with E-state index in [0.717, 1.165) is 0 Å². The van der Waals surface area contributed by atoms with Crippen LogP contribution < -0.4 is 15.0 Å². The maximum absolute atomic E-state index is 12.2. The van der Waals surface area contributed by atoms with Crippen molar-refractivity contribution in [1.82, 2.24) is 10.5 Å². The van der Waals surface area contributed by atoms with Gasteiger partial charge in [-0.25, -0.2) is 10.5 Å². The molecule has 3 aromatic rings. The second-order valence-corrected chi connectivity index (χ2v) is 5.75. The molecule has 1 aliphatic rings. The summed E-state index contributed by atoms with van der Waals surface area (Å²) < 4.78 is 51.4. The Balaban J connectivity index is 1.40. The Morgan fingerprint density at radius 3 is 2.43 bits per heavy atom. The predicted octanol–water partition coefficient (Wildman–Crippen LogP) is 4.74. The van der Waals surface area contributed by atoms with E-state index in [9.17, 15) is 13.2 Å². The molecular weight excluding hydrogens is 377 g/mol. The third kappa shape index (κ3) is 4.26. The van der Waals surface area contributed by atoms with Gasteiger partial charge >= 0.3 is 6.36 Å². The van der Waals surface area contributed by atoms with E-state index in [1.54, 1.807) is 36.6 Å². The van der Waals surface area contributed by atoms with Crippen LogP contribution in [0, 0.1) is 0 Å².